The minimum absolute atomic E-state index is 0.259. The van der Waals surface area contributed by atoms with Crippen LogP contribution in [0.2, 0.25) is 0 Å². The van der Waals surface area contributed by atoms with E-state index >= 15 is 0 Å². The zero-order valence-electron chi connectivity index (χ0n) is 10.5. The number of methoxy groups -OCH3 is 1. The van der Waals surface area contributed by atoms with Gasteiger partial charge in [-0.05, 0) is 12.1 Å². The summed E-state index contributed by atoms with van der Waals surface area (Å²) in [6.45, 7) is -0.264. The molecular weight excluding hydrogens is 287 g/mol. The van der Waals surface area contributed by atoms with E-state index in [1.807, 2.05) is 6.07 Å². The number of carbonyl (C=O) groups is 1. The van der Waals surface area contributed by atoms with E-state index < -0.39 is 27.8 Å². The average molecular weight is 298 g/mol. The molecule has 1 aliphatic rings. The van der Waals surface area contributed by atoms with Crippen LogP contribution < -0.4 is 9.64 Å². The molecule has 2 rings (SSSR count). The number of carbonyl (C=O) groups excluding carboxylic acids is 1. The number of hydrogen-bond donors (Lipinski definition) is 0. The molecule has 1 atom stereocenters. The Morgan fingerprint density at radius 3 is 2.70 bits per heavy atom. The Hall–Kier alpha value is -2.14. The minimum Gasteiger partial charge on any atom is -0.495 e. The minimum atomic E-state index is -4.76. The third kappa shape index (κ3) is 2.58. The fraction of sp³-hybridized carbons (Fsp3) is 0.333. The molecule has 0 spiro atoms. The highest BCUT2D eigenvalue weighted by Gasteiger charge is 2.39. The summed E-state index contributed by atoms with van der Waals surface area (Å²) < 4.78 is 39.8. The molecule has 0 radical (unpaired) electrons. The number of halogens is 1. The summed E-state index contributed by atoms with van der Waals surface area (Å²) in [6.07, 6.45) is -0.401. The molecule has 20 heavy (non-hydrogen) atoms. The maximum atomic E-state index is 13.0. The molecule has 1 aliphatic heterocycles. The first-order valence-electron chi connectivity index (χ1n) is 5.68. The summed E-state index contributed by atoms with van der Waals surface area (Å²) in [7, 11) is -3.40. The largest absolute Gasteiger partial charge is 0.495 e. The van der Waals surface area contributed by atoms with E-state index in [1.54, 1.807) is 0 Å². The second-order valence-electron chi connectivity index (χ2n) is 4.30. The van der Waals surface area contributed by atoms with Gasteiger partial charge >= 0.3 is 10.2 Å². The molecule has 1 heterocycles. The van der Waals surface area contributed by atoms with Crippen LogP contribution in [0.3, 0.4) is 0 Å². The normalized spacial score (nSPS) is 18.9. The quantitative estimate of drug-likeness (QED) is 0.776. The highest BCUT2D eigenvalue weighted by atomic mass is 32.3. The van der Waals surface area contributed by atoms with E-state index in [4.69, 9.17) is 10.00 Å². The van der Waals surface area contributed by atoms with Gasteiger partial charge in [0.1, 0.15) is 11.0 Å². The van der Waals surface area contributed by atoms with Crippen LogP contribution in [0.4, 0.5) is 9.57 Å². The molecule has 8 heteroatoms. The lowest BCUT2D eigenvalue weighted by Crippen LogP contribution is -2.27. The molecular formula is C12H11FN2O4S. The van der Waals surface area contributed by atoms with E-state index in [-0.39, 0.29) is 12.3 Å². The molecule has 0 aliphatic carbocycles. The van der Waals surface area contributed by atoms with Crippen LogP contribution in [-0.4, -0.2) is 33.2 Å². The number of nitriles is 1. The molecule has 106 valence electrons. The molecule has 0 bridgehead atoms. The standard InChI is InChI=1S/C12H11FN2O4S/c1-19-11-4-8(6-14)2-3-10(11)15-7-9(5-12(15)16)20(13,17)18/h2-4,9H,5,7H2,1H3. The van der Waals surface area contributed by atoms with Gasteiger partial charge in [0.15, 0.2) is 0 Å². The zero-order valence-corrected chi connectivity index (χ0v) is 11.4. The smallest absolute Gasteiger partial charge is 0.307 e. The van der Waals surface area contributed by atoms with E-state index in [0.29, 0.717) is 11.3 Å². The van der Waals surface area contributed by atoms with Gasteiger partial charge in [-0.1, -0.05) is 0 Å². The lowest BCUT2D eigenvalue weighted by Gasteiger charge is -2.19. The zero-order chi connectivity index (χ0) is 14.9. The Morgan fingerprint density at radius 1 is 1.50 bits per heavy atom. The van der Waals surface area contributed by atoms with Crippen LogP contribution in [0.5, 0.6) is 5.75 Å². The third-order valence-electron chi connectivity index (χ3n) is 3.09. The van der Waals surface area contributed by atoms with Gasteiger partial charge < -0.3 is 9.64 Å². The average Bonchev–Trinajstić information content (AvgIpc) is 2.80. The van der Waals surface area contributed by atoms with Gasteiger partial charge in [-0.3, -0.25) is 4.79 Å². The maximum Gasteiger partial charge on any atom is 0.307 e. The molecule has 1 unspecified atom stereocenters. The third-order valence-corrected chi connectivity index (χ3v) is 4.20. The Balaban J connectivity index is 2.38. The Bertz CT molecular complexity index is 696. The molecule has 1 amide bonds. The van der Waals surface area contributed by atoms with Crippen LogP contribution in [0, 0.1) is 11.3 Å². The summed E-state index contributed by atoms with van der Waals surface area (Å²) in [5.74, 6) is -0.242. The number of hydrogen-bond acceptors (Lipinski definition) is 5. The van der Waals surface area contributed by atoms with E-state index in [0.717, 1.165) is 4.90 Å². The van der Waals surface area contributed by atoms with Crippen LogP contribution in [0.1, 0.15) is 12.0 Å². The van der Waals surface area contributed by atoms with Gasteiger partial charge in [0.25, 0.3) is 0 Å². The van der Waals surface area contributed by atoms with Crippen molar-refractivity contribution >= 4 is 21.8 Å². The van der Waals surface area contributed by atoms with Crippen molar-refractivity contribution in [2.24, 2.45) is 0 Å². The van der Waals surface area contributed by atoms with Gasteiger partial charge in [-0.2, -0.15) is 13.7 Å². The maximum absolute atomic E-state index is 13.0. The lowest BCUT2D eigenvalue weighted by molar-refractivity contribution is -0.117. The van der Waals surface area contributed by atoms with Crippen molar-refractivity contribution in [2.75, 3.05) is 18.6 Å². The van der Waals surface area contributed by atoms with Gasteiger partial charge in [0, 0.05) is 19.0 Å². The van der Waals surface area contributed by atoms with Crippen molar-refractivity contribution in [1.29, 1.82) is 5.26 Å². The van der Waals surface area contributed by atoms with E-state index in [1.165, 1.54) is 25.3 Å². The fourth-order valence-electron chi connectivity index (χ4n) is 2.07. The Morgan fingerprint density at radius 2 is 2.20 bits per heavy atom. The first-order valence-corrected chi connectivity index (χ1v) is 7.13. The van der Waals surface area contributed by atoms with Crippen molar-refractivity contribution in [3.05, 3.63) is 23.8 Å². The predicted octanol–water partition coefficient (Wildman–Crippen LogP) is 0.971. The van der Waals surface area contributed by atoms with Crippen LogP contribution >= 0.6 is 0 Å². The first kappa shape index (κ1) is 14.3. The van der Waals surface area contributed by atoms with E-state index in [2.05, 4.69) is 0 Å². The first-order chi connectivity index (χ1) is 9.36. The predicted molar refractivity (Wildman–Crippen MR) is 68.5 cm³/mol. The Kier molecular flexibility index (Phi) is 3.63. The van der Waals surface area contributed by atoms with Crippen LogP contribution in [0.25, 0.3) is 0 Å². The molecule has 1 fully saturated rings. The van der Waals surface area contributed by atoms with Crippen molar-refractivity contribution in [3.63, 3.8) is 0 Å². The molecule has 6 nitrogen and oxygen atoms in total. The second kappa shape index (κ2) is 5.09. The van der Waals surface area contributed by atoms with Gasteiger partial charge in [-0.15, -0.1) is 3.89 Å². The molecule has 1 aromatic carbocycles. The summed E-state index contributed by atoms with van der Waals surface area (Å²) in [5, 5.41) is 7.43. The lowest BCUT2D eigenvalue weighted by atomic mass is 10.2. The number of benzene rings is 1. The van der Waals surface area contributed by atoms with Gasteiger partial charge in [0.2, 0.25) is 5.91 Å². The van der Waals surface area contributed by atoms with Gasteiger partial charge in [0.05, 0.1) is 24.4 Å². The topological polar surface area (TPSA) is 87.5 Å². The number of nitrogens with zero attached hydrogens (tertiary/aromatic N) is 2. The molecule has 0 saturated carbocycles. The highest BCUT2D eigenvalue weighted by Crippen LogP contribution is 2.33. The fourth-order valence-corrected chi connectivity index (χ4v) is 2.74. The van der Waals surface area contributed by atoms with Crippen molar-refractivity contribution in [1.82, 2.24) is 0 Å². The summed E-state index contributed by atoms with van der Waals surface area (Å²) in [5.41, 5.74) is 0.662. The molecule has 0 N–H and O–H groups in total. The second-order valence-corrected chi connectivity index (χ2v) is 5.92. The van der Waals surface area contributed by atoms with Gasteiger partial charge in [-0.25, -0.2) is 0 Å². The van der Waals surface area contributed by atoms with Crippen molar-refractivity contribution < 1.29 is 21.8 Å². The summed E-state index contributed by atoms with van der Waals surface area (Å²) in [6, 6.07) is 6.30. The SMILES string of the molecule is COc1cc(C#N)ccc1N1CC(S(=O)(=O)F)CC1=O. The number of ether oxygens (including phenoxy) is 1. The summed E-state index contributed by atoms with van der Waals surface area (Å²) >= 11 is 0. The number of amides is 1. The number of rotatable bonds is 3. The number of anilines is 1. The molecule has 1 aromatic rings. The summed E-state index contributed by atoms with van der Waals surface area (Å²) in [4.78, 5) is 13.0. The van der Waals surface area contributed by atoms with Crippen LogP contribution in [-0.2, 0) is 15.0 Å². The van der Waals surface area contributed by atoms with E-state index in [9.17, 15) is 17.1 Å². The molecule has 0 aromatic heterocycles. The molecule has 1 saturated heterocycles. The monoisotopic (exact) mass is 298 g/mol. The Labute approximate surface area is 115 Å². The van der Waals surface area contributed by atoms with Crippen molar-refractivity contribution in [2.45, 2.75) is 11.7 Å². The highest BCUT2D eigenvalue weighted by molar-refractivity contribution is 7.87. The van der Waals surface area contributed by atoms with Crippen molar-refractivity contribution in [3.8, 4) is 11.8 Å². The van der Waals surface area contributed by atoms with Crippen LogP contribution in [0.15, 0.2) is 18.2 Å².